The topological polar surface area (TPSA) is 70.2 Å². The summed E-state index contributed by atoms with van der Waals surface area (Å²) in [6.45, 7) is 5.29. The van der Waals surface area contributed by atoms with Crippen LogP contribution in [0.2, 0.25) is 0 Å². The maximum absolute atomic E-state index is 14.1. The normalized spacial score (nSPS) is 21.7. The van der Waals surface area contributed by atoms with E-state index < -0.39 is 46.0 Å². The van der Waals surface area contributed by atoms with E-state index in [9.17, 15) is 27.2 Å². The largest absolute Gasteiger partial charge is 0.446 e. The zero-order valence-electron chi connectivity index (χ0n) is 15.0. The van der Waals surface area contributed by atoms with Crippen LogP contribution in [0.5, 0.6) is 0 Å². The van der Waals surface area contributed by atoms with Crippen LogP contribution >= 0.6 is 11.8 Å². The minimum absolute atomic E-state index is 0.0312. The Kier molecular flexibility index (Phi) is 6.74. The molecule has 2 amide bonds. The summed E-state index contributed by atoms with van der Waals surface area (Å²) in [5.41, 5.74) is -4.23. The predicted octanol–water partition coefficient (Wildman–Crippen LogP) is 3.08. The lowest BCUT2D eigenvalue weighted by Crippen LogP contribution is -2.59. The third kappa shape index (κ3) is 6.10. The fourth-order valence-corrected chi connectivity index (χ4v) is 3.41. The van der Waals surface area contributed by atoms with Gasteiger partial charge < -0.3 is 10.6 Å². The maximum Gasteiger partial charge on any atom is 0.446 e. The Bertz CT molecular complexity index is 712. The van der Waals surface area contributed by atoms with Gasteiger partial charge in [0, 0.05) is 0 Å². The highest BCUT2D eigenvalue weighted by atomic mass is 32.2. The summed E-state index contributed by atoms with van der Waals surface area (Å²) < 4.78 is 51.4. The molecule has 5 nitrogen and oxygen atoms in total. The van der Waals surface area contributed by atoms with E-state index in [1.54, 1.807) is 20.8 Å². The summed E-state index contributed by atoms with van der Waals surface area (Å²) in [7, 11) is 0. The Morgan fingerprint density at radius 3 is 2.52 bits per heavy atom. The second-order valence-electron chi connectivity index (χ2n) is 6.68. The molecule has 0 bridgehead atoms. The Balaban J connectivity index is 2.16. The highest BCUT2D eigenvalue weighted by molar-refractivity contribution is 8.00. The molecule has 3 atom stereocenters. The molecule has 1 saturated heterocycles. The van der Waals surface area contributed by atoms with Crippen molar-refractivity contribution >= 4 is 23.6 Å². The smallest absolute Gasteiger partial charge is 0.348 e. The molecule has 1 aliphatic rings. The summed E-state index contributed by atoms with van der Waals surface area (Å²) in [5.74, 6) is -1.84. The van der Waals surface area contributed by atoms with Crippen molar-refractivity contribution in [3.05, 3.63) is 29.6 Å². The number of benzene rings is 1. The number of hydrogen-bond acceptors (Lipinski definition) is 4. The second-order valence-corrected chi connectivity index (χ2v) is 7.79. The van der Waals surface area contributed by atoms with Gasteiger partial charge in [-0.25, -0.2) is 4.39 Å². The number of nitrogens with one attached hydrogen (secondary N) is 3. The maximum atomic E-state index is 14.1. The van der Waals surface area contributed by atoms with Crippen LogP contribution in [0.4, 0.5) is 17.6 Å². The molecule has 150 valence electrons. The lowest BCUT2D eigenvalue weighted by Gasteiger charge is -2.31. The molecule has 1 aromatic rings. The Hall–Kier alpha value is -1.81. The molecule has 0 radical (unpaired) electrons. The van der Waals surface area contributed by atoms with Gasteiger partial charge in [0.05, 0.1) is 29.6 Å². The van der Waals surface area contributed by atoms with Gasteiger partial charge in [-0.2, -0.15) is 13.2 Å². The van der Waals surface area contributed by atoms with Crippen molar-refractivity contribution in [3.63, 3.8) is 0 Å². The van der Waals surface area contributed by atoms with Crippen molar-refractivity contribution in [1.29, 1.82) is 0 Å². The van der Waals surface area contributed by atoms with Crippen LogP contribution in [0, 0.1) is 11.7 Å². The summed E-state index contributed by atoms with van der Waals surface area (Å²) in [6, 6.07) is 2.08. The number of rotatable bonds is 5. The van der Waals surface area contributed by atoms with E-state index in [1.807, 2.05) is 0 Å². The van der Waals surface area contributed by atoms with E-state index in [1.165, 1.54) is 6.07 Å². The highest BCUT2D eigenvalue weighted by Gasteiger charge is 2.32. The standard InChI is InChI=1S/C17H21F4N3O2S/c1-8(2)15(24-16(26)12-7-14(25)23-9(3)22-12)10-4-5-13(11(18)6-10)27-17(19,20)21/h4-6,8-9,12,15,22H,7H2,1-3H3,(H,23,25)(H,24,26)/t9?,12?,15-/m1/s1. The van der Waals surface area contributed by atoms with Gasteiger partial charge in [0.25, 0.3) is 0 Å². The first-order valence-electron chi connectivity index (χ1n) is 8.37. The third-order valence-electron chi connectivity index (χ3n) is 4.04. The SMILES string of the molecule is CC1NC(=O)CC(C(=O)N[C@@H](c2ccc(SC(F)(F)F)c(F)c2)C(C)C)N1. The molecule has 1 aliphatic heterocycles. The van der Waals surface area contributed by atoms with Gasteiger partial charge in [-0.1, -0.05) is 19.9 Å². The van der Waals surface area contributed by atoms with Gasteiger partial charge in [-0.3, -0.25) is 14.9 Å². The Labute approximate surface area is 158 Å². The number of hydrogen-bond donors (Lipinski definition) is 3. The van der Waals surface area contributed by atoms with Gasteiger partial charge in [0.1, 0.15) is 5.82 Å². The van der Waals surface area contributed by atoms with E-state index >= 15 is 0 Å². The number of thioether (sulfide) groups is 1. The van der Waals surface area contributed by atoms with Gasteiger partial charge in [0.15, 0.2) is 0 Å². The molecular weight excluding hydrogens is 386 g/mol. The van der Waals surface area contributed by atoms with E-state index in [0.29, 0.717) is 5.56 Å². The van der Waals surface area contributed by atoms with Gasteiger partial charge in [-0.05, 0) is 42.3 Å². The predicted molar refractivity (Wildman–Crippen MR) is 93.2 cm³/mol. The van der Waals surface area contributed by atoms with Crippen LogP contribution in [0.1, 0.15) is 38.8 Å². The molecule has 2 unspecified atom stereocenters. The zero-order chi connectivity index (χ0) is 20.4. The molecule has 1 aromatic carbocycles. The molecule has 10 heteroatoms. The van der Waals surface area contributed by atoms with E-state index in [4.69, 9.17) is 0 Å². The van der Waals surface area contributed by atoms with Crippen molar-refractivity contribution in [2.75, 3.05) is 0 Å². The molecule has 27 heavy (non-hydrogen) atoms. The van der Waals surface area contributed by atoms with Crippen LogP contribution in [0.3, 0.4) is 0 Å². The average molecular weight is 407 g/mol. The van der Waals surface area contributed by atoms with Crippen LogP contribution in [-0.2, 0) is 9.59 Å². The zero-order valence-corrected chi connectivity index (χ0v) is 15.8. The fraction of sp³-hybridized carbons (Fsp3) is 0.529. The van der Waals surface area contributed by atoms with Crippen molar-refractivity contribution in [2.24, 2.45) is 5.92 Å². The van der Waals surface area contributed by atoms with E-state index in [0.717, 1.165) is 12.1 Å². The summed E-state index contributed by atoms with van der Waals surface area (Å²) in [5, 5.41) is 8.33. The van der Waals surface area contributed by atoms with Crippen molar-refractivity contribution in [2.45, 2.75) is 55.8 Å². The minimum Gasteiger partial charge on any atom is -0.348 e. The number of amides is 2. The lowest BCUT2D eigenvalue weighted by molar-refractivity contribution is -0.132. The second kappa shape index (κ2) is 8.47. The molecule has 1 heterocycles. The van der Waals surface area contributed by atoms with Crippen molar-refractivity contribution in [3.8, 4) is 0 Å². The number of carbonyl (C=O) groups excluding carboxylic acids is 2. The molecule has 0 spiro atoms. The number of halogens is 4. The summed E-state index contributed by atoms with van der Waals surface area (Å²) in [4.78, 5) is 23.6. The van der Waals surface area contributed by atoms with Gasteiger partial charge >= 0.3 is 5.51 Å². The van der Waals surface area contributed by atoms with Crippen LogP contribution in [-0.4, -0.2) is 29.5 Å². The summed E-state index contributed by atoms with van der Waals surface area (Å²) >= 11 is -0.524. The fourth-order valence-electron chi connectivity index (χ4n) is 2.86. The molecule has 0 aromatic heterocycles. The van der Waals surface area contributed by atoms with Crippen molar-refractivity contribution in [1.82, 2.24) is 16.0 Å². The highest BCUT2D eigenvalue weighted by Crippen LogP contribution is 2.39. The lowest BCUT2D eigenvalue weighted by atomic mass is 9.95. The van der Waals surface area contributed by atoms with Crippen LogP contribution in [0.15, 0.2) is 23.1 Å². The molecule has 0 aliphatic carbocycles. The quantitative estimate of drug-likeness (QED) is 0.518. The Morgan fingerprint density at radius 1 is 1.33 bits per heavy atom. The van der Waals surface area contributed by atoms with Gasteiger partial charge in [-0.15, -0.1) is 0 Å². The van der Waals surface area contributed by atoms with Crippen LogP contribution in [0.25, 0.3) is 0 Å². The van der Waals surface area contributed by atoms with E-state index in [-0.39, 0.29) is 24.4 Å². The average Bonchev–Trinajstić information content (AvgIpc) is 2.52. The molecule has 3 N–H and O–H groups in total. The first kappa shape index (κ1) is 21.5. The van der Waals surface area contributed by atoms with E-state index in [2.05, 4.69) is 16.0 Å². The Morgan fingerprint density at radius 2 is 2.00 bits per heavy atom. The molecule has 0 saturated carbocycles. The first-order chi connectivity index (χ1) is 12.5. The van der Waals surface area contributed by atoms with Gasteiger partial charge in [0.2, 0.25) is 11.8 Å². The first-order valence-corrected chi connectivity index (χ1v) is 9.19. The monoisotopic (exact) mass is 407 g/mol. The summed E-state index contributed by atoms with van der Waals surface area (Å²) in [6.07, 6.45) is -0.396. The number of alkyl halides is 3. The third-order valence-corrected chi connectivity index (χ3v) is 4.82. The molecular formula is C17H21F4N3O2S. The number of carbonyl (C=O) groups is 2. The molecule has 2 rings (SSSR count). The minimum atomic E-state index is -4.59. The molecule has 1 fully saturated rings. The van der Waals surface area contributed by atoms with Crippen LogP contribution < -0.4 is 16.0 Å². The van der Waals surface area contributed by atoms with Crippen molar-refractivity contribution < 1.29 is 27.2 Å².